The standard InChI is InChI=1S/C21H28N4O/c1-16-6-7-19(17(2)12-16)15-24(3)21(26)23-14-18-8-9-22-20(13-18)25-10-4-5-11-25/h6-9,12-13H,4-5,10-11,14-15H2,1-3H3,(H,23,26). The third-order valence-electron chi connectivity index (χ3n) is 4.94. The third-order valence-corrected chi connectivity index (χ3v) is 4.94. The van der Waals surface area contributed by atoms with E-state index in [1.165, 1.54) is 29.5 Å². The van der Waals surface area contributed by atoms with Gasteiger partial charge in [-0.2, -0.15) is 0 Å². The highest BCUT2D eigenvalue weighted by molar-refractivity contribution is 5.74. The zero-order chi connectivity index (χ0) is 18.5. The van der Waals surface area contributed by atoms with E-state index >= 15 is 0 Å². The van der Waals surface area contributed by atoms with Crippen molar-refractivity contribution in [1.29, 1.82) is 0 Å². The second-order valence-electron chi connectivity index (χ2n) is 7.16. The molecule has 1 aromatic heterocycles. The predicted octanol–water partition coefficient (Wildman–Crippen LogP) is 3.64. The number of nitrogens with one attached hydrogen (secondary N) is 1. The van der Waals surface area contributed by atoms with Crippen LogP contribution < -0.4 is 10.2 Å². The minimum Gasteiger partial charge on any atom is -0.357 e. The molecular weight excluding hydrogens is 324 g/mol. The summed E-state index contributed by atoms with van der Waals surface area (Å²) in [6.07, 6.45) is 4.28. The maximum absolute atomic E-state index is 12.4. The highest BCUT2D eigenvalue weighted by Crippen LogP contribution is 2.18. The summed E-state index contributed by atoms with van der Waals surface area (Å²) in [6.45, 7) is 7.43. The van der Waals surface area contributed by atoms with Gasteiger partial charge in [-0.3, -0.25) is 0 Å². The van der Waals surface area contributed by atoms with Crippen LogP contribution in [0.25, 0.3) is 0 Å². The number of nitrogens with zero attached hydrogens (tertiary/aromatic N) is 3. The van der Waals surface area contributed by atoms with Gasteiger partial charge < -0.3 is 15.1 Å². The summed E-state index contributed by atoms with van der Waals surface area (Å²) in [7, 11) is 1.83. The average Bonchev–Trinajstić information content (AvgIpc) is 3.17. The maximum atomic E-state index is 12.4. The molecule has 0 unspecified atom stereocenters. The normalized spacial score (nSPS) is 13.7. The topological polar surface area (TPSA) is 48.5 Å². The molecule has 1 fully saturated rings. The van der Waals surface area contributed by atoms with Crippen molar-refractivity contribution in [2.45, 2.75) is 39.8 Å². The van der Waals surface area contributed by atoms with Crippen LogP contribution in [-0.4, -0.2) is 36.1 Å². The SMILES string of the molecule is Cc1ccc(CN(C)C(=O)NCc2ccnc(N3CCCC3)c2)c(C)c1. The Kier molecular flexibility index (Phi) is 5.76. The molecule has 5 nitrogen and oxygen atoms in total. The first kappa shape index (κ1) is 18.2. The average molecular weight is 352 g/mol. The highest BCUT2D eigenvalue weighted by Gasteiger charge is 2.14. The van der Waals surface area contributed by atoms with Gasteiger partial charge in [-0.05, 0) is 55.5 Å². The summed E-state index contributed by atoms with van der Waals surface area (Å²) < 4.78 is 0. The Morgan fingerprint density at radius 1 is 1.19 bits per heavy atom. The van der Waals surface area contributed by atoms with Gasteiger partial charge in [0.25, 0.3) is 0 Å². The van der Waals surface area contributed by atoms with Crippen molar-refractivity contribution in [2.75, 3.05) is 25.0 Å². The molecule has 0 bridgehead atoms. The lowest BCUT2D eigenvalue weighted by atomic mass is 10.1. The van der Waals surface area contributed by atoms with Crippen LogP contribution >= 0.6 is 0 Å². The van der Waals surface area contributed by atoms with Gasteiger partial charge >= 0.3 is 6.03 Å². The lowest BCUT2D eigenvalue weighted by molar-refractivity contribution is 0.206. The van der Waals surface area contributed by atoms with Gasteiger partial charge in [0.2, 0.25) is 0 Å². The van der Waals surface area contributed by atoms with Crippen molar-refractivity contribution in [3.8, 4) is 0 Å². The number of urea groups is 1. The Morgan fingerprint density at radius 3 is 2.69 bits per heavy atom. The number of pyridine rings is 1. The van der Waals surface area contributed by atoms with Gasteiger partial charge in [-0.15, -0.1) is 0 Å². The van der Waals surface area contributed by atoms with Crippen LogP contribution in [0.4, 0.5) is 10.6 Å². The molecular formula is C21H28N4O. The monoisotopic (exact) mass is 352 g/mol. The van der Waals surface area contributed by atoms with Crippen LogP contribution in [-0.2, 0) is 13.1 Å². The number of carbonyl (C=O) groups is 1. The summed E-state index contributed by atoms with van der Waals surface area (Å²) in [5, 5.41) is 3.01. The summed E-state index contributed by atoms with van der Waals surface area (Å²) in [5.74, 6) is 1.01. The minimum atomic E-state index is -0.0653. The molecule has 1 saturated heterocycles. The van der Waals surface area contributed by atoms with E-state index in [0.717, 1.165) is 24.5 Å². The Bertz CT molecular complexity index is 768. The van der Waals surface area contributed by atoms with E-state index < -0.39 is 0 Å². The fourth-order valence-corrected chi connectivity index (χ4v) is 3.35. The van der Waals surface area contributed by atoms with Gasteiger partial charge in [0, 0.05) is 39.4 Å². The molecule has 0 spiro atoms. The molecule has 1 N–H and O–H groups in total. The zero-order valence-electron chi connectivity index (χ0n) is 16.0. The molecule has 2 aromatic rings. The van der Waals surface area contributed by atoms with E-state index in [4.69, 9.17) is 0 Å². The van der Waals surface area contributed by atoms with Gasteiger partial charge in [-0.1, -0.05) is 23.8 Å². The Hall–Kier alpha value is -2.56. The van der Waals surface area contributed by atoms with Gasteiger partial charge in [-0.25, -0.2) is 9.78 Å². The molecule has 1 aliphatic heterocycles. The smallest absolute Gasteiger partial charge is 0.317 e. The van der Waals surface area contributed by atoms with E-state index in [9.17, 15) is 4.79 Å². The van der Waals surface area contributed by atoms with Crippen LogP contribution in [0.1, 0.15) is 35.1 Å². The summed E-state index contributed by atoms with van der Waals surface area (Å²) in [6, 6.07) is 10.3. The number of rotatable bonds is 5. The number of aromatic nitrogens is 1. The summed E-state index contributed by atoms with van der Waals surface area (Å²) in [5.41, 5.74) is 4.71. The van der Waals surface area contributed by atoms with Crippen molar-refractivity contribution in [3.05, 3.63) is 58.8 Å². The molecule has 26 heavy (non-hydrogen) atoms. The molecule has 1 aromatic carbocycles. The molecule has 5 heteroatoms. The number of aryl methyl sites for hydroxylation is 2. The molecule has 3 rings (SSSR count). The largest absolute Gasteiger partial charge is 0.357 e. The van der Waals surface area contributed by atoms with Gasteiger partial charge in [0.1, 0.15) is 5.82 Å². The van der Waals surface area contributed by atoms with E-state index in [2.05, 4.69) is 53.3 Å². The van der Waals surface area contributed by atoms with E-state index in [-0.39, 0.29) is 6.03 Å². The number of anilines is 1. The molecule has 0 atom stereocenters. The second-order valence-corrected chi connectivity index (χ2v) is 7.16. The molecule has 1 aliphatic rings. The fourth-order valence-electron chi connectivity index (χ4n) is 3.35. The van der Waals surface area contributed by atoms with Crippen molar-refractivity contribution < 1.29 is 4.79 Å². The first-order chi connectivity index (χ1) is 12.5. The molecule has 138 valence electrons. The van der Waals surface area contributed by atoms with Crippen molar-refractivity contribution in [2.24, 2.45) is 0 Å². The van der Waals surface area contributed by atoms with E-state index in [1.807, 2.05) is 19.3 Å². The lowest BCUT2D eigenvalue weighted by Crippen LogP contribution is -2.36. The zero-order valence-corrected chi connectivity index (χ0v) is 16.0. The van der Waals surface area contributed by atoms with Crippen LogP contribution in [0, 0.1) is 13.8 Å². The van der Waals surface area contributed by atoms with Crippen molar-refractivity contribution in [3.63, 3.8) is 0 Å². The first-order valence-electron chi connectivity index (χ1n) is 9.28. The minimum absolute atomic E-state index is 0.0653. The molecule has 2 amide bonds. The number of benzene rings is 1. The summed E-state index contributed by atoms with van der Waals surface area (Å²) in [4.78, 5) is 20.9. The molecule has 0 aliphatic carbocycles. The van der Waals surface area contributed by atoms with Crippen LogP contribution in [0.5, 0.6) is 0 Å². The first-order valence-corrected chi connectivity index (χ1v) is 9.28. The van der Waals surface area contributed by atoms with E-state index in [0.29, 0.717) is 13.1 Å². The lowest BCUT2D eigenvalue weighted by Gasteiger charge is -2.20. The molecule has 2 heterocycles. The maximum Gasteiger partial charge on any atom is 0.317 e. The van der Waals surface area contributed by atoms with Crippen molar-refractivity contribution >= 4 is 11.8 Å². The second kappa shape index (κ2) is 8.21. The molecule has 0 radical (unpaired) electrons. The summed E-state index contributed by atoms with van der Waals surface area (Å²) >= 11 is 0. The van der Waals surface area contributed by atoms with Gasteiger partial charge in [0.15, 0.2) is 0 Å². The Labute approximate surface area is 156 Å². The number of hydrogen-bond acceptors (Lipinski definition) is 3. The van der Waals surface area contributed by atoms with Crippen LogP contribution in [0.3, 0.4) is 0 Å². The van der Waals surface area contributed by atoms with Crippen molar-refractivity contribution in [1.82, 2.24) is 15.2 Å². The Balaban J connectivity index is 1.55. The highest BCUT2D eigenvalue weighted by atomic mass is 16.2. The van der Waals surface area contributed by atoms with E-state index in [1.54, 1.807) is 4.90 Å². The quantitative estimate of drug-likeness (QED) is 0.894. The number of hydrogen-bond donors (Lipinski definition) is 1. The Morgan fingerprint density at radius 2 is 1.96 bits per heavy atom. The third kappa shape index (κ3) is 4.54. The van der Waals surface area contributed by atoms with Crippen LogP contribution in [0.2, 0.25) is 0 Å². The van der Waals surface area contributed by atoms with Crippen LogP contribution in [0.15, 0.2) is 36.5 Å². The predicted molar refractivity (Wildman–Crippen MR) is 105 cm³/mol. The number of amides is 2. The molecule has 0 saturated carbocycles. The fraction of sp³-hybridized carbons (Fsp3) is 0.429. The number of carbonyl (C=O) groups excluding carboxylic acids is 1. The van der Waals surface area contributed by atoms with Gasteiger partial charge in [0.05, 0.1) is 0 Å².